The molecule has 3 heteroatoms. The normalized spacial score (nSPS) is 9.44. The first kappa shape index (κ1) is 6.37. The van der Waals surface area contributed by atoms with Crippen molar-refractivity contribution in [1.82, 2.24) is 0 Å². The van der Waals surface area contributed by atoms with Crippen molar-refractivity contribution in [3.63, 3.8) is 0 Å². The number of nitrogen functional groups attached to an aromatic ring is 1. The predicted octanol–water partition coefficient (Wildman–Crippen LogP) is 0.475. The fraction of sp³-hybridized carbons (Fsp3) is 0. The Morgan fingerprint density at radius 2 is 2.11 bits per heavy atom. The molecular formula is C6H8NOP. The molecule has 9 heavy (non-hydrogen) atoms. The number of phenols is 1. The highest BCUT2D eigenvalue weighted by molar-refractivity contribution is 7.27. The van der Waals surface area contributed by atoms with Crippen LogP contribution in [-0.4, -0.2) is 5.11 Å². The summed E-state index contributed by atoms with van der Waals surface area (Å²) in [6.07, 6.45) is 0. The van der Waals surface area contributed by atoms with Gasteiger partial charge < -0.3 is 10.8 Å². The van der Waals surface area contributed by atoms with Gasteiger partial charge in [-0.15, -0.1) is 9.24 Å². The van der Waals surface area contributed by atoms with E-state index in [0.717, 1.165) is 5.30 Å². The maximum absolute atomic E-state index is 8.91. The van der Waals surface area contributed by atoms with Crippen LogP contribution in [0.15, 0.2) is 18.2 Å². The van der Waals surface area contributed by atoms with Gasteiger partial charge in [0.15, 0.2) is 0 Å². The number of aromatic hydroxyl groups is 1. The molecule has 0 spiro atoms. The summed E-state index contributed by atoms with van der Waals surface area (Å²) in [5, 5.41) is 9.89. The molecule has 0 aliphatic rings. The molecule has 0 bridgehead atoms. The van der Waals surface area contributed by atoms with Gasteiger partial charge in [-0.05, 0) is 17.4 Å². The van der Waals surface area contributed by atoms with E-state index in [1.807, 2.05) is 0 Å². The van der Waals surface area contributed by atoms with Crippen LogP contribution < -0.4 is 11.0 Å². The molecule has 2 nitrogen and oxygen atoms in total. The molecule has 0 amide bonds. The average Bonchev–Trinajstić information content (AvgIpc) is 1.80. The van der Waals surface area contributed by atoms with Crippen LogP contribution in [0.3, 0.4) is 0 Å². The van der Waals surface area contributed by atoms with E-state index >= 15 is 0 Å². The molecule has 1 atom stereocenters. The van der Waals surface area contributed by atoms with E-state index < -0.39 is 0 Å². The number of benzene rings is 1. The Bertz CT molecular complexity index is 224. The van der Waals surface area contributed by atoms with Crippen molar-refractivity contribution in [1.29, 1.82) is 0 Å². The van der Waals surface area contributed by atoms with Gasteiger partial charge in [0.05, 0.1) is 5.69 Å². The third-order valence-electron chi connectivity index (χ3n) is 1.05. The minimum absolute atomic E-state index is 0.140. The first-order chi connectivity index (χ1) is 4.20. The second-order valence-electron chi connectivity index (χ2n) is 1.82. The van der Waals surface area contributed by atoms with Crippen LogP contribution in [0.2, 0.25) is 0 Å². The van der Waals surface area contributed by atoms with E-state index in [0.29, 0.717) is 5.69 Å². The molecular weight excluding hydrogens is 133 g/mol. The van der Waals surface area contributed by atoms with Gasteiger partial charge in [0.2, 0.25) is 0 Å². The first-order valence-corrected chi connectivity index (χ1v) is 3.12. The summed E-state index contributed by atoms with van der Waals surface area (Å²) in [6, 6.07) is 5.04. The largest absolute Gasteiger partial charge is 0.506 e. The second-order valence-corrected chi connectivity index (χ2v) is 2.48. The van der Waals surface area contributed by atoms with Gasteiger partial charge in [0.1, 0.15) is 5.75 Å². The van der Waals surface area contributed by atoms with E-state index in [1.54, 1.807) is 18.2 Å². The monoisotopic (exact) mass is 141 g/mol. The van der Waals surface area contributed by atoms with E-state index in [1.165, 1.54) is 0 Å². The summed E-state index contributed by atoms with van der Waals surface area (Å²) in [6.45, 7) is 0. The topological polar surface area (TPSA) is 46.2 Å². The Labute approximate surface area is 55.9 Å². The minimum atomic E-state index is 0.140. The Morgan fingerprint density at radius 3 is 2.56 bits per heavy atom. The SMILES string of the molecule is Nc1cc(P)ccc1O. The van der Waals surface area contributed by atoms with Crippen molar-refractivity contribution >= 4 is 20.2 Å². The lowest BCUT2D eigenvalue weighted by molar-refractivity contribution is 0.478. The number of hydrogen-bond donors (Lipinski definition) is 2. The first-order valence-electron chi connectivity index (χ1n) is 2.54. The van der Waals surface area contributed by atoms with Crippen LogP contribution in [0, 0.1) is 0 Å². The van der Waals surface area contributed by atoms with Crippen molar-refractivity contribution in [2.45, 2.75) is 0 Å². The van der Waals surface area contributed by atoms with Crippen molar-refractivity contribution in [3.8, 4) is 5.75 Å². The summed E-state index contributed by atoms with van der Waals surface area (Å²) in [5.74, 6) is 0.140. The van der Waals surface area contributed by atoms with E-state index in [4.69, 9.17) is 10.8 Å². The van der Waals surface area contributed by atoms with Gasteiger partial charge in [-0.1, -0.05) is 6.07 Å². The molecule has 1 rings (SSSR count). The molecule has 1 unspecified atom stereocenters. The molecule has 0 aromatic heterocycles. The van der Waals surface area contributed by atoms with E-state index in [9.17, 15) is 0 Å². The molecule has 1 aromatic carbocycles. The molecule has 0 saturated carbocycles. The lowest BCUT2D eigenvalue weighted by Crippen LogP contribution is -1.93. The van der Waals surface area contributed by atoms with Crippen LogP contribution in [0.5, 0.6) is 5.75 Å². The summed E-state index contributed by atoms with van der Waals surface area (Å²) < 4.78 is 0. The zero-order chi connectivity index (χ0) is 6.85. The van der Waals surface area contributed by atoms with Gasteiger partial charge in [0, 0.05) is 0 Å². The molecule has 0 saturated heterocycles. The van der Waals surface area contributed by atoms with Crippen LogP contribution in [-0.2, 0) is 0 Å². The van der Waals surface area contributed by atoms with Crippen LogP contribution in [0.1, 0.15) is 0 Å². The number of rotatable bonds is 0. The lowest BCUT2D eigenvalue weighted by Gasteiger charge is -1.97. The van der Waals surface area contributed by atoms with E-state index in [-0.39, 0.29) is 5.75 Å². The zero-order valence-corrected chi connectivity index (χ0v) is 5.99. The number of nitrogens with two attached hydrogens (primary N) is 1. The van der Waals surface area contributed by atoms with Crippen LogP contribution >= 0.6 is 9.24 Å². The van der Waals surface area contributed by atoms with Crippen LogP contribution in [0.4, 0.5) is 5.69 Å². The predicted molar refractivity (Wildman–Crippen MR) is 41.9 cm³/mol. The van der Waals surface area contributed by atoms with Gasteiger partial charge in [-0.25, -0.2) is 0 Å². The highest BCUT2D eigenvalue weighted by Crippen LogP contribution is 2.16. The Morgan fingerprint density at radius 1 is 1.44 bits per heavy atom. The average molecular weight is 141 g/mol. The molecule has 0 aliphatic carbocycles. The third kappa shape index (κ3) is 1.33. The molecule has 1 aromatic rings. The quantitative estimate of drug-likeness (QED) is 0.313. The summed E-state index contributed by atoms with van der Waals surface area (Å²) in [4.78, 5) is 0. The molecule has 0 fully saturated rings. The number of anilines is 1. The van der Waals surface area contributed by atoms with Crippen molar-refractivity contribution in [2.24, 2.45) is 0 Å². The third-order valence-corrected chi connectivity index (χ3v) is 1.41. The molecule has 0 aliphatic heterocycles. The summed E-state index contributed by atoms with van der Waals surface area (Å²) in [7, 11) is 2.49. The van der Waals surface area contributed by atoms with Gasteiger partial charge in [-0.2, -0.15) is 0 Å². The standard InChI is InChI=1S/C6H8NOP/c7-5-3-4(9)1-2-6(5)8/h1-3,8H,7,9H2. The van der Waals surface area contributed by atoms with Gasteiger partial charge in [-0.3, -0.25) is 0 Å². The second kappa shape index (κ2) is 2.24. The molecule has 3 N–H and O–H groups in total. The van der Waals surface area contributed by atoms with Crippen molar-refractivity contribution < 1.29 is 5.11 Å². The van der Waals surface area contributed by atoms with Crippen molar-refractivity contribution in [2.75, 3.05) is 5.73 Å². The number of phenolic OH excluding ortho intramolecular Hbond substituents is 1. The Balaban J connectivity index is 3.17. The van der Waals surface area contributed by atoms with Gasteiger partial charge in [0.25, 0.3) is 0 Å². The zero-order valence-electron chi connectivity index (χ0n) is 4.83. The lowest BCUT2D eigenvalue weighted by atomic mass is 10.3. The highest BCUT2D eigenvalue weighted by Gasteiger charge is 1.92. The molecule has 48 valence electrons. The summed E-state index contributed by atoms with van der Waals surface area (Å²) >= 11 is 0. The smallest absolute Gasteiger partial charge is 0.138 e. The maximum atomic E-state index is 8.91. The molecule has 0 radical (unpaired) electrons. The Kier molecular flexibility index (Phi) is 1.58. The molecule has 0 heterocycles. The van der Waals surface area contributed by atoms with Crippen molar-refractivity contribution in [3.05, 3.63) is 18.2 Å². The fourth-order valence-corrected chi connectivity index (χ4v) is 0.849. The highest BCUT2D eigenvalue weighted by atomic mass is 31.0. The fourth-order valence-electron chi connectivity index (χ4n) is 0.573. The minimum Gasteiger partial charge on any atom is -0.506 e. The van der Waals surface area contributed by atoms with Gasteiger partial charge >= 0.3 is 0 Å². The maximum Gasteiger partial charge on any atom is 0.138 e. The summed E-state index contributed by atoms with van der Waals surface area (Å²) in [5.41, 5.74) is 5.78. The van der Waals surface area contributed by atoms with E-state index in [2.05, 4.69) is 9.24 Å². The van der Waals surface area contributed by atoms with Crippen LogP contribution in [0.25, 0.3) is 0 Å². The Hall–Kier alpha value is -0.750. The number of hydrogen-bond acceptors (Lipinski definition) is 2.